The third kappa shape index (κ3) is 3.67. The van der Waals surface area contributed by atoms with Gasteiger partial charge in [0.2, 0.25) is 6.41 Å². The van der Waals surface area contributed by atoms with Crippen molar-refractivity contribution in [3.05, 3.63) is 58.9 Å². The minimum absolute atomic E-state index is 0.225. The number of aromatic nitrogens is 1. The monoisotopic (exact) mass is 376 g/mol. The van der Waals surface area contributed by atoms with Crippen LogP contribution in [0.15, 0.2) is 36.4 Å². The van der Waals surface area contributed by atoms with Gasteiger partial charge in [-0.1, -0.05) is 12.1 Å². The van der Waals surface area contributed by atoms with Gasteiger partial charge in [-0.15, -0.1) is 0 Å². The van der Waals surface area contributed by atoms with E-state index in [1.165, 1.54) is 4.90 Å². The third-order valence-corrected chi connectivity index (χ3v) is 5.46. The summed E-state index contributed by atoms with van der Waals surface area (Å²) in [6, 6.07) is 12.9. The van der Waals surface area contributed by atoms with Crippen molar-refractivity contribution in [1.82, 2.24) is 9.88 Å². The van der Waals surface area contributed by atoms with Gasteiger partial charge in [-0.3, -0.25) is 24.4 Å². The van der Waals surface area contributed by atoms with Crippen LogP contribution >= 0.6 is 0 Å². The number of hydrogen-bond acceptors (Lipinski definition) is 5. The van der Waals surface area contributed by atoms with Crippen molar-refractivity contribution in [2.45, 2.75) is 38.6 Å². The van der Waals surface area contributed by atoms with Crippen molar-refractivity contribution in [2.75, 3.05) is 18.5 Å². The first-order chi connectivity index (χ1) is 13.4. The standard InChI is InChI=1S/C22H24N4O2/c1-16-11-20(12-17(2)24-16)26(15-27)21(28)22(9-4-10-25(22)3)13-18-5-7-19(14-23)8-6-18/h5-8,11-12,15H,4,9-10,13H2,1-3H3. The first kappa shape index (κ1) is 19.7. The molecule has 1 fully saturated rings. The second kappa shape index (κ2) is 7.91. The Morgan fingerprint density at radius 3 is 2.43 bits per heavy atom. The van der Waals surface area contributed by atoms with Crippen molar-refractivity contribution in [3.8, 4) is 6.07 Å². The molecule has 1 aliphatic heterocycles. The van der Waals surface area contributed by atoms with E-state index >= 15 is 0 Å². The molecule has 1 saturated heterocycles. The number of imide groups is 1. The summed E-state index contributed by atoms with van der Waals surface area (Å²) >= 11 is 0. The molecule has 28 heavy (non-hydrogen) atoms. The smallest absolute Gasteiger partial charge is 0.254 e. The molecular weight excluding hydrogens is 352 g/mol. The topological polar surface area (TPSA) is 77.3 Å². The lowest BCUT2D eigenvalue weighted by Crippen LogP contribution is -2.56. The highest BCUT2D eigenvalue weighted by Gasteiger charge is 2.48. The average molecular weight is 376 g/mol. The molecule has 1 aromatic heterocycles. The molecule has 0 aliphatic carbocycles. The number of pyridine rings is 1. The highest BCUT2D eigenvalue weighted by atomic mass is 16.2. The number of carbonyl (C=O) groups excluding carboxylic acids is 2. The van der Waals surface area contributed by atoms with Crippen LogP contribution in [0.2, 0.25) is 0 Å². The van der Waals surface area contributed by atoms with Crippen LogP contribution in [0, 0.1) is 25.2 Å². The molecule has 2 heterocycles. The lowest BCUT2D eigenvalue weighted by atomic mass is 9.86. The second-order valence-electron chi connectivity index (χ2n) is 7.43. The highest BCUT2D eigenvalue weighted by Crippen LogP contribution is 2.34. The molecule has 0 bridgehead atoms. The number of nitriles is 1. The number of hydrogen-bond donors (Lipinski definition) is 0. The maximum atomic E-state index is 13.6. The Hall–Kier alpha value is -3.04. The summed E-state index contributed by atoms with van der Waals surface area (Å²) in [6.07, 6.45) is 2.65. The molecule has 1 aromatic carbocycles. The number of aryl methyl sites for hydroxylation is 2. The Morgan fingerprint density at radius 1 is 1.29 bits per heavy atom. The number of likely N-dealkylation sites (tertiary alicyclic amines) is 1. The van der Waals surface area contributed by atoms with Crippen LogP contribution in [-0.4, -0.2) is 41.3 Å². The highest BCUT2D eigenvalue weighted by molar-refractivity contribution is 6.11. The van der Waals surface area contributed by atoms with Crippen LogP contribution in [0.1, 0.15) is 35.4 Å². The predicted molar refractivity (Wildman–Crippen MR) is 107 cm³/mol. The van der Waals surface area contributed by atoms with Gasteiger partial charge in [0.25, 0.3) is 5.91 Å². The van der Waals surface area contributed by atoms with E-state index in [1.807, 2.05) is 37.9 Å². The number of carbonyl (C=O) groups is 2. The number of benzene rings is 1. The summed E-state index contributed by atoms with van der Waals surface area (Å²) in [6.45, 7) is 4.49. The fraction of sp³-hybridized carbons (Fsp3) is 0.364. The largest absolute Gasteiger partial charge is 0.292 e. The Balaban J connectivity index is 1.98. The van der Waals surface area contributed by atoms with Crippen molar-refractivity contribution >= 4 is 18.0 Å². The zero-order valence-electron chi connectivity index (χ0n) is 16.5. The first-order valence-electron chi connectivity index (χ1n) is 9.34. The quantitative estimate of drug-likeness (QED) is 0.750. The van der Waals surface area contributed by atoms with Crippen molar-refractivity contribution in [1.29, 1.82) is 5.26 Å². The Bertz CT molecular complexity index is 912. The van der Waals surface area contributed by atoms with Gasteiger partial charge in [-0.2, -0.15) is 5.26 Å². The van der Waals surface area contributed by atoms with E-state index in [2.05, 4.69) is 11.1 Å². The van der Waals surface area contributed by atoms with Gasteiger partial charge in [-0.25, -0.2) is 0 Å². The minimum atomic E-state index is -0.792. The first-order valence-corrected chi connectivity index (χ1v) is 9.34. The SMILES string of the molecule is Cc1cc(N(C=O)C(=O)C2(Cc3ccc(C#N)cc3)CCCN2C)cc(C)n1. The normalized spacial score (nSPS) is 19.2. The maximum absolute atomic E-state index is 13.6. The Morgan fingerprint density at radius 2 is 1.93 bits per heavy atom. The van der Waals surface area contributed by atoms with Crippen molar-refractivity contribution in [3.63, 3.8) is 0 Å². The summed E-state index contributed by atoms with van der Waals surface area (Å²) in [5.41, 5.74) is 2.82. The molecule has 1 unspecified atom stereocenters. The molecule has 2 amide bonds. The number of nitrogens with zero attached hydrogens (tertiary/aromatic N) is 4. The van der Waals surface area contributed by atoms with E-state index < -0.39 is 5.54 Å². The van der Waals surface area contributed by atoms with Crippen LogP contribution in [0.3, 0.4) is 0 Å². The molecule has 2 aromatic rings. The van der Waals surface area contributed by atoms with E-state index in [0.29, 0.717) is 30.5 Å². The van der Waals surface area contributed by atoms with Crippen LogP contribution in [-0.2, 0) is 16.0 Å². The molecule has 0 radical (unpaired) electrons. The maximum Gasteiger partial charge on any atom is 0.254 e. The lowest BCUT2D eigenvalue weighted by Gasteiger charge is -2.37. The van der Waals surface area contributed by atoms with Crippen LogP contribution in [0.4, 0.5) is 5.69 Å². The van der Waals surface area contributed by atoms with Gasteiger partial charge < -0.3 is 0 Å². The van der Waals surface area contributed by atoms with E-state index in [1.54, 1.807) is 24.3 Å². The van der Waals surface area contributed by atoms with E-state index in [4.69, 9.17) is 5.26 Å². The number of likely N-dealkylation sites (N-methyl/N-ethyl adjacent to an activating group) is 1. The van der Waals surface area contributed by atoms with E-state index in [0.717, 1.165) is 29.9 Å². The third-order valence-electron chi connectivity index (χ3n) is 5.46. The van der Waals surface area contributed by atoms with Crippen LogP contribution < -0.4 is 4.90 Å². The number of anilines is 1. The summed E-state index contributed by atoms with van der Waals surface area (Å²) in [4.78, 5) is 33.2. The molecule has 0 spiro atoms. The molecule has 1 atom stereocenters. The van der Waals surface area contributed by atoms with Gasteiger partial charge in [0, 0.05) is 11.4 Å². The van der Waals surface area contributed by atoms with Gasteiger partial charge in [0.05, 0.1) is 17.3 Å². The molecule has 0 N–H and O–H groups in total. The average Bonchev–Trinajstić information content (AvgIpc) is 3.03. The molecule has 6 nitrogen and oxygen atoms in total. The molecule has 0 saturated carbocycles. The van der Waals surface area contributed by atoms with Crippen molar-refractivity contribution in [2.24, 2.45) is 0 Å². The number of rotatable bonds is 5. The summed E-state index contributed by atoms with van der Waals surface area (Å²) in [5.74, 6) is -0.225. The Labute approximate surface area is 165 Å². The molecule has 1 aliphatic rings. The second-order valence-corrected chi connectivity index (χ2v) is 7.43. The lowest BCUT2D eigenvalue weighted by molar-refractivity contribution is -0.130. The molecule has 144 valence electrons. The molecular formula is C22H24N4O2. The fourth-order valence-electron chi connectivity index (χ4n) is 4.02. The summed E-state index contributed by atoms with van der Waals surface area (Å²) in [5, 5.41) is 9.01. The molecule has 3 rings (SSSR count). The predicted octanol–water partition coefficient (Wildman–Crippen LogP) is 2.77. The van der Waals surface area contributed by atoms with E-state index in [-0.39, 0.29) is 5.91 Å². The summed E-state index contributed by atoms with van der Waals surface area (Å²) < 4.78 is 0. The number of amides is 2. The summed E-state index contributed by atoms with van der Waals surface area (Å²) in [7, 11) is 1.93. The van der Waals surface area contributed by atoms with Gasteiger partial charge in [-0.05, 0) is 76.5 Å². The van der Waals surface area contributed by atoms with Gasteiger partial charge in [0.15, 0.2) is 0 Å². The zero-order valence-corrected chi connectivity index (χ0v) is 16.5. The minimum Gasteiger partial charge on any atom is -0.292 e. The van der Waals surface area contributed by atoms with Crippen molar-refractivity contribution < 1.29 is 9.59 Å². The zero-order chi connectivity index (χ0) is 20.3. The van der Waals surface area contributed by atoms with Crippen LogP contribution in [0.5, 0.6) is 0 Å². The van der Waals surface area contributed by atoms with E-state index in [9.17, 15) is 9.59 Å². The molecule has 6 heteroatoms. The Kier molecular flexibility index (Phi) is 5.57. The van der Waals surface area contributed by atoms with Gasteiger partial charge in [0.1, 0.15) is 5.54 Å². The van der Waals surface area contributed by atoms with Crippen LogP contribution in [0.25, 0.3) is 0 Å². The van der Waals surface area contributed by atoms with Gasteiger partial charge >= 0.3 is 0 Å². The fourth-order valence-corrected chi connectivity index (χ4v) is 4.02.